The molecule has 0 fully saturated rings. The van der Waals surface area contributed by atoms with Gasteiger partial charge in [0.15, 0.2) is 0 Å². The number of halogens is 1. The molecule has 2 rings (SSSR count). The zero-order valence-electron chi connectivity index (χ0n) is 9.58. The smallest absolute Gasteiger partial charge is 0.0881 e. The van der Waals surface area contributed by atoms with Crippen molar-refractivity contribution < 1.29 is 0 Å². The second kappa shape index (κ2) is 3.94. The SMILES string of the molecule is Cc1cccc(-n2nc(C)c(Br)c2C)c1N. The number of hydrogen-bond donors (Lipinski definition) is 1. The fourth-order valence-electron chi connectivity index (χ4n) is 1.71. The van der Waals surface area contributed by atoms with Gasteiger partial charge in [-0.25, -0.2) is 4.68 Å². The molecule has 16 heavy (non-hydrogen) atoms. The van der Waals surface area contributed by atoms with E-state index in [1.165, 1.54) is 0 Å². The molecule has 0 amide bonds. The first-order valence-corrected chi connectivity index (χ1v) is 5.89. The van der Waals surface area contributed by atoms with Crippen molar-refractivity contribution in [1.29, 1.82) is 0 Å². The van der Waals surface area contributed by atoms with Crippen LogP contribution in [0, 0.1) is 20.8 Å². The first-order chi connectivity index (χ1) is 7.52. The van der Waals surface area contributed by atoms with Crippen LogP contribution in [0.5, 0.6) is 0 Å². The third kappa shape index (κ3) is 1.63. The Hall–Kier alpha value is -1.29. The lowest BCUT2D eigenvalue weighted by atomic mass is 10.2. The molecule has 0 bridgehead atoms. The fourth-order valence-corrected chi connectivity index (χ4v) is 1.96. The molecular formula is C12H14BrN3. The summed E-state index contributed by atoms with van der Waals surface area (Å²) in [5.74, 6) is 0. The average molecular weight is 280 g/mol. The van der Waals surface area contributed by atoms with Gasteiger partial charge >= 0.3 is 0 Å². The van der Waals surface area contributed by atoms with Gasteiger partial charge in [-0.05, 0) is 48.3 Å². The molecule has 0 radical (unpaired) electrons. The molecule has 0 aliphatic rings. The zero-order chi connectivity index (χ0) is 11.9. The number of para-hydroxylation sites is 1. The van der Waals surface area contributed by atoms with Crippen molar-refractivity contribution in [1.82, 2.24) is 9.78 Å². The van der Waals surface area contributed by atoms with E-state index in [2.05, 4.69) is 21.0 Å². The lowest BCUT2D eigenvalue weighted by Gasteiger charge is -2.09. The van der Waals surface area contributed by atoms with E-state index >= 15 is 0 Å². The summed E-state index contributed by atoms with van der Waals surface area (Å²) in [6.45, 7) is 5.99. The lowest BCUT2D eigenvalue weighted by molar-refractivity contribution is 0.834. The van der Waals surface area contributed by atoms with Gasteiger partial charge in [-0.3, -0.25) is 0 Å². The highest BCUT2D eigenvalue weighted by Gasteiger charge is 2.12. The maximum Gasteiger partial charge on any atom is 0.0881 e. The summed E-state index contributed by atoms with van der Waals surface area (Å²) >= 11 is 3.52. The molecule has 0 saturated carbocycles. The molecule has 2 aromatic rings. The van der Waals surface area contributed by atoms with Crippen molar-refractivity contribution in [3.05, 3.63) is 39.6 Å². The summed E-state index contributed by atoms with van der Waals surface area (Å²) in [7, 11) is 0. The Labute approximate surface area is 103 Å². The molecule has 0 atom stereocenters. The minimum atomic E-state index is 0.778. The molecule has 3 nitrogen and oxygen atoms in total. The number of nitrogen functional groups attached to an aromatic ring is 1. The third-order valence-corrected chi connectivity index (χ3v) is 3.88. The Bertz CT molecular complexity index is 543. The Morgan fingerprint density at radius 1 is 1.25 bits per heavy atom. The maximum atomic E-state index is 6.07. The molecule has 84 valence electrons. The number of aromatic nitrogens is 2. The first kappa shape index (κ1) is 11.2. The lowest BCUT2D eigenvalue weighted by Crippen LogP contribution is -2.04. The number of rotatable bonds is 1. The Kier molecular flexibility index (Phi) is 2.76. The van der Waals surface area contributed by atoms with Crippen molar-refractivity contribution in [2.75, 3.05) is 5.73 Å². The van der Waals surface area contributed by atoms with E-state index in [0.29, 0.717) is 0 Å². The van der Waals surface area contributed by atoms with Gasteiger partial charge in [-0.15, -0.1) is 0 Å². The van der Waals surface area contributed by atoms with Crippen LogP contribution in [0.3, 0.4) is 0 Å². The van der Waals surface area contributed by atoms with Crippen molar-refractivity contribution >= 4 is 21.6 Å². The highest BCUT2D eigenvalue weighted by Crippen LogP contribution is 2.26. The predicted octanol–water partition coefficient (Wildman–Crippen LogP) is 3.14. The van der Waals surface area contributed by atoms with Crippen molar-refractivity contribution in [2.24, 2.45) is 0 Å². The minimum absolute atomic E-state index is 0.778. The van der Waals surface area contributed by atoms with Crippen LogP contribution in [0.25, 0.3) is 5.69 Å². The summed E-state index contributed by atoms with van der Waals surface area (Å²) in [4.78, 5) is 0. The van der Waals surface area contributed by atoms with Crippen LogP contribution >= 0.6 is 15.9 Å². The van der Waals surface area contributed by atoms with Gasteiger partial charge in [0, 0.05) is 0 Å². The number of nitrogens with two attached hydrogens (primary N) is 1. The number of hydrogen-bond acceptors (Lipinski definition) is 2. The normalized spacial score (nSPS) is 10.8. The van der Waals surface area contributed by atoms with Gasteiger partial charge in [-0.2, -0.15) is 5.10 Å². The van der Waals surface area contributed by atoms with Crippen LogP contribution in [-0.2, 0) is 0 Å². The topological polar surface area (TPSA) is 43.8 Å². The monoisotopic (exact) mass is 279 g/mol. The second-order valence-electron chi connectivity index (χ2n) is 3.90. The van der Waals surface area contributed by atoms with E-state index < -0.39 is 0 Å². The van der Waals surface area contributed by atoms with Crippen LogP contribution in [0.4, 0.5) is 5.69 Å². The number of aryl methyl sites for hydroxylation is 2. The van der Waals surface area contributed by atoms with Crippen LogP contribution in [-0.4, -0.2) is 9.78 Å². The highest BCUT2D eigenvalue weighted by molar-refractivity contribution is 9.10. The van der Waals surface area contributed by atoms with Crippen LogP contribution in [0.15, 0.2) is 22.7 Å². The third-order valence-electron chi connectivity index (χ3n) is 2.73. The summed E-state index contributed by atoms with van der Waals surface area (Å²) in [5.41, 5.74) is 10.9. The van der Waals surface area contributed by atoms with Gasteiger partial charge in [-0.1, -0.05) is 12.1 Å². The molecule has 2 N–H and O–H groups in total. The maximum absolute atomic E-state index is 6.07. The molecule has 0 unspecified atom stereocenters. The number of nitrogens with zero attached hydrogens (tertiary/aromatic N) is 2. The van der Waals surface area contributed by atoms with Gasteiger partial charge in [0.2, 0.25) is 0 Å². The Morgan fingerprint density at radius 3 is 2.50 bits per heavy atom. The molecule has 0 saturated heterocycles. The molecule has 0 aliphatic carbocycles. The van der Waals surface area contributed by atoms with Crippen LogP contribution in [0.2, 0.25) is 0 Å². The molecule has 4 heteroatoms. The quantitative estimate of drug-likeness (QED) is 0.815. The van der Waals surface area contributed by atoms with Crippen molar-refractivity contribution in [3.63, 3.8) is 0 Å². The summed E-state index contributed by atoms with van der Waals surface area (Å²) < 4.78 is 2.91. The highest BCUT2D eigenvalue weighted by atomic mass is 79.9. The Balaban J connectivity index is 2.68. The summed E-state index contributed by atoms with van der Waals surface area (Å²) in [6, 6.07) is 5.97. The van der Waals surface area contributed by atoms with Gasteiger partial charge in [0.05, 0.1) is 27.2 Å². The van der Waals surface area contributed by atoms with Crippen LogP contribution < -0.4 is 5.73 Å². The standard InChI is InChI=1S/C12H14BrN3/c1-7-5-4-6-10(12(7)14)16-9(3)11(13)8(2)15-16/h4-6H,14H2,1-3H3. The summed E-state index contributed by atoms with van der Waals surface area (Å²) in [5, 5.41) is 4.47. The van der Waals surface area contributed by atoms with E-state index in [9.17, 15) is 0 Å². The second-order valence-corrected chi connectivity index (χ2v) is 4.70. The van der Waals surface area contributed by atoms with Crippen LogP contribution in [0.1, 0.15) is 17.0 Å². The molecular weight excluding hydrogens is 266 g/mol. The molecule has 0 spiro atoms. The predicted molar refractivity (Wildman–Crippen MR) is 69.9 cm³/mol. The first-order valence-electron chi connectivity index (χ1n) is 5.09. The van der Waals surface area contributed by atoms with E-state index in [1.54, 1.807) is 0 Å². The molecule has 0 aliphatic heterocycles. The molecule has 1 aromatic carbocycles. The number of anilines is 1. The number of benzene rings is 1. The van der Waals surface area contributed by atoms with E-state index in [1.807, 2.05) is 43.7 Å². The average Bonchev–Trinajstić information content (AvgIpc) is 2.50. The zero-order valence-corrected chi connectivity index (χ0v) is 11.2. The van der Waals surface area contributed by atoms with Crippen molar-refractivity contribution in [3.8, 4) is 5.69 Å². The van der Waals surface area contributed by atoms with E-state index in [4.69, 9.17) is 5.73 Å². The largest absolute Gasteiger partial charge is 0.397 e. The Morgan fingerprint density at radius 2 is 1.94 bits per heavy atom. The molecule has 1 aromatic heterocycles. The summed E-state index contributed by atoms with van der Waals surface area (Å²) in [6.07, 6.45) is 0. The van der Waals surface area contributed by atoms with Crippen molar-refractivity contribution in [2.45, 2.75) is 20.8 Å². The van der Waals surface area contributed by atoms with E-state index in [-0.39, 0.29) is 0 Å². The minimum Gasteiger partial charge on any atom is -0.397 e. The van der Waals surface area contributed by atoms with Gasteiger partial charge in [0.1, 0.15) is 0 Å². The van der Waals surface area contributed by atoms with Gasteiger partial charge < -0.3 is 5.73 Å². The van der Waals surface area contributed by atoms with Gasteiger partial charge in [0.25, 0.3) is 0 Å². The van der Waals surface area contributed by atoms with E-state index in [0.717, 1.165) is 32.8 Å². The fraction of sp³-hybridized carbons (Fsp3) is 0.250. The molecule has 1 heterocycles.